The van der Waals surface area contributed by atoms with Gasteiger partial charge in [-0.15, -0.1) is 0 Å². The van der Waals surface area contributed by atoms with Crippen molar-refractivity contribution in [2.45, 2.75) is 40.2 Å². The molecule has 0 aromatic rings. The van der Waals surface area contributed by atoms with Gasteiger partial charge in [0, 0.05) is 5.92 Å². The quantitative estimate of drug-likeness (QED) is 0.633. The Hall–Kier alpha value is -0.370. The molecule has 0 amide bonds. The van der Waals surface area contributed by atoms with Gasteiger partial charge in [0.15, 0.2) is 5.78 Å². The minimum Gasteiger partial charge on any atom is -0.298 e. The van der Waals surface area contributed by atoms with Crippen molar-refractivity contribution >= 4 is 5.78 Å². The summed E-state index contributed by atoms with van der Waals surface area (Å²) in [5.74, 6) is 0.602. The van der Waals surface area contributed by atoms with Gasteiger partial charge in [0.2, 0.25) is 0 Å². The van der Waals surface area contributed by atoms with Crippen molar-refractivity contribution < 1.29 is 4.79 Å². The van der Waals surface area contributed by atoms with Crippen molar-refractivity contribution in [2.75, 3.05) is 13.6 Å². The fourth-order valence-electron chi connectivity index (χ4n) is 1.65. The molecular weight excluding hydrogens is 150 g/mol. The minimum absolute atomic E-state index is 0. The highest BCUT2D eigenvalue weighted by molar-refractivity contribution is 5.85. The van der Waals surface area contributed by atoms with Crippen LogP contribution in [0.4, 0.5) is 0 Å². The molecule has 0 saturated carbocycles. The van der Waals surface area contributed by atoms with Crippen molar-refractivity contribution in [1.29, 1.82) is 0 Å². The Bertz CT molecular complexity index is 154. The van der Waals surface area contributed by atoms with E-state index in [1.54, 1.807) is 0 Å². The minimum atomic E-state index is 0. The topological polar surface area (TPSA) is 20.3 Å². The second kappa shape index (κ2) is 4.61. The molecular formula is C10H21NO. The maximum absolute atomic E-state index is 11.5. The maximum atomic E-state index is 11.5. The molecule has 12 heavy (non-hydrogen) atoms. The van der Waals surface area contributed by atoms with E-state index in [0.717, 1.165) is 13.0 Å². The first-order chi connectivity index (χ1) is 5.13. The Morgan fingerprint density at radius 3 is 2.42 bits per heavy atom. The molecule has 0 aromatic carbocycles. The van der Waals surface area contributed by atoms with Crippen LogP contribution in [0.15, 0.2) is 0 Å². The molecule has 1 saturated heterocycles. The van der Waals surface area contributed by atoms with Gasteiger partial charge in [-0.3, -0.25) is 9.69 Å². The van der Waals surface area contributed by atoms with Crippen molar-refractivity contribution in [1.82, 2.24) is 4.90 Å². The van der Waals surface area contributed by atoms with Gasteiger partial charge in [-0.1, -0.05) is 21.3 Å². The van der Waals surface area contributed by atoms with E-state index >= 15 is 0 Å². The number of likely N-dealkylation sites (N-methyl/N-ethyl adjacent to an activating group) is 1. The zero-order valence-electron chi connectivity index (χ0n) is 7.63. The first-order valence-electron chi connectivity index (χ1n) is 4.37. The van der Waals surface area contributed by atoms with E-state index in [2.05, 4.69) is 4.90 Å². The number of ketones is 1. The molecule has 2 heteroatoms. The van der Waals surface area contributed by atoms with Crippen LogP contribution in [0.25, 0.3) is 0 Å². The van der Waals surface area contributed by atoms with Gasteiger partial charge < -0.3 is 0 Å². The summed E-state index contributed by atoms with van der Waals surface area (Å²) in [6.45, 7) is 5.05. The average Bonchev–Trinajstić information content (AvgIpc) is 2.33. The van der Waals surface area contributed by atoms with Gasteiger partial charge in [-0.05, 0) is 26.4 Å². The zero-order chi connectivity index (χ0) is 8.43. The third kappa shape index (κ3) is 2.31. The van der Waals surface area contributed by atoms with Crippen LogP contribution < -0.4 is 0 Å². The molecule has 2 nitrogen and oxygen atoms in total. The van der Waals surface area contributed by atoms with Crippen molar-refractivity contribution in [2.24, 2.45) is 5.92 Å². The van der Waals surface area contributed by atoms with Crippen molar-refractivity contribution in [3.8, 4) is 0 Å². The van der Waals surface area contributed by atoms with E-state index in [9.17, 15) is 4.79 Å². The van der Waals surface area contributed by atoms with E-state index in [1.807, 2.05) is 20.9 Å². The molecule has 0 aliphatic carbocycles. The lowest BCUT2D eigenvalue weighted by Gasteiger charge is -2.19. The summed E-state index contributed by atoms with van der Waals surface area (Å²) in [5, 5.41) is 0. The number of Topliss-reactive ketones (excluding diaryl/α,β-unsaturated/α-hetero) is 1. The van der Waals surface area contributed by atoms with Crippen LogP contribution in [-0.2, 0) is 4.79 Å². The smallest absolute Gasteiger partial charge is 0.152 e. The molecule has 0 N–H and O–H groups in total. The summed E-state index contributed by atoms with van der Waals surface area (Å²) in [6.07, 6.45) is 2.24. The van der Waals surface area contributed by atoms with Gasteiger partial charge in [0.05, 0.1) is 6.04 Å². The second-order valence-corrected chi connectivity index (χ2v) is 3.70. The molecule has 1 aliphatic heterocycles. The van der Waals surface area contributed by atoms with E-state index in [0.29, 0.717) is 5.78 Å². The number of hydrogen-bond acceptors (Lipinski definition) is 2. The van der Waals surface area contributed by atoms with E-state index in [4.69, 9.17) is 0 Å². The number of rotatable bonds is 2. The standard InChI is InChI=1S/C9H17NO.CH4/c1-7(2)9(11)8-5-4-6-10(8)3;/h7-8H,4-6H2,1-3H3;1H4/t8-;/m1./s1. The van der Waals surface area contributed by atoms with Gasteiger partial charge in [0.25, 0.3) is 0 Å². The van der Waals surface area contributed by atoms with Crippen LogP contribution in [0.3, 0.4) is 0 Å². The average molecular weight is 171 g/mol. The SMILES string of the molecule is C.CC(C)C(=O)[C@H]1CCCN1C. The molecule has 72 valence electrons. The maximum Gasteiger partial charge on any atom is 0.152 e. The lowest BCUT2D eigenvalue weighted by Crippen LogP contribution is -2.35. The third-order valence-electron chi connectivity index (χ3n) is 2.42. The van der Waals surface area contributed by atoms with Crippen LogP contribution >= 0.6 is 0 Å². The second-order valence-electron chi connectivity index (χ2n) is 3.70. The van der Waals surface area contributed by atoms with Crippen LogP contribution in [0.2, 0.25) is 0 Å². The summed E-state index contributed by atoms with van der Waals surface area (Å²) in [4.78, 5) is 13.7. The van der Waals surface area contributed by atoms with Crippen molar-refractivity contribution in [3.05, 3.63) is 0 Å². The summed E-state index contributed by atoms with van der Waals surface area (Å²) >= 11 is 0. The zero-order valence-corrected chi connectivity index (χ0v) is 7.63. The van der Waals surface area contributed by atoms with E-state index in [-0.39, 0.29) is 19.4 Å². The lowest BCUT2D eigenvalue weighted by atomic mass is 10.0. The van der Waals surface area contributed by atoms with Crippen LogP contribution in [-0.4, -0.2) is 30.3 Å². The summed E-state index contributed by atoms with van der Waals surface area (Å²) in [7, 11) is 2.04. The predicted octanol–water partition coefficient (Wildman–Crippen LogP) is 1.94. The number of carbonyl (C=O) groups excluding carboxylic acids is 1. The molecule has 1 heterocycles. The Labute approximate surface area is 75.9 Å². The Morgan fingerprint density at radius 1 is 1.50 bits per heavy atom. The van der Waals surface area contributed by atoms with Crippen LogP contribution in [0, 0.1) is 5.92 Å². The summed E-state index contributed by atoms with van der Waals surface area (Å²) in [6, 6.07) is 0.218. The largest absolute Gasteiger partial charge is 0.298 e. The third-order valence-corrected chi connectivity index (χ3v) is 2.42. The molecule has 1 atom stereocenters. The molecule has 0 aromatic heterocycles. The van der Waals surface area contributed by atoms with Crippen LogP contribution in [0.1, 0.15) is 34.1 Å². The van der Waals surface area contributed by atoms with Gasteiger partial charge in [0.1, 0.15) is 0 Å². The fraction of sp³-hybridized carbons (Fsp3) is 0.900. The van der Waals surface area contributed by atoms with E-state index < -0.39 is 0 Å². The molecule has 0 unspecified atom stereocenters. The lowest BCUT2D eigenvalue weighted by molar-refractivity contribution is -0.125. The van der Waals surface area contributed by atoms with Crippen LogP contribution in [0.5, 0.6) is 0 Å². The predicted molar refractivity (Wildman–Crippen MR) is 52.2 cm³/mol. The Morgan fingerprint density at radius 2 is 2.08 bits per heavy atom. The molecule has 0 bridgehead atoms. The first kappa shape index (κ1) is 11.6. The number of likely N-dealkylation sites (tertiary alicyclic amines) is 1. The first-order valence-corrected chi connectivity index (χ1v) is 4.37. The highest BCUT2D eigenvalue weighted by Gasteiger charge is 2.28. The monoisotopic (exact) mass is 171 g/mol. The highest BCUT2D eigenvalue weighted by Crippen LogP contribution is 2.18. The van der Waals surface area contributed by atoms with Crippen molar-refractivity contribution in [3.63, 3.8) is 0 Å². The normalized spacial score (nSPS) is 24.2. The summed E-state index contributed by atoms with van der Waals surface area (Å²) in [5.41, 5.74) is 0. The van der Waals surface area contributed by atoms with Gasteiger partial charge in [-0.25, -0.2) is 0 Å². The Kier molecular flexibility index (Phi) is 4.46. The molecule has 1 aliphatic rings. The van der Waals surface area contributed by atoms with Gasteiger partial charge >= 0.3 is 0 Å². The van der Waals surface area contributed by atoms with Gasteiger partial charge in [-0.2, -0.15) is 0 Å². The fourth-order valence-corrected chi connectivity index (χ4v) is 1.65. The number of carbonyl (C=O) groups is 1. The molecule has 1 rings (SSSR count). The number of nitrogens with zero attached hydrogens (tertiary/aromatic N) is 1. The Balaban J connectivity index is 0.00000121. The highest BCUT2D eigenvalue weighted by atomic mass is 16.1. The molecule has 1 fully saturated rings. The number of hydrogen-bond donors (Lipinski definition) is 0. The summed E-state index contributed by atoms with van der Waals surface area (Å²) < 4.78 is 0. The molecule has 0 radical (unpaired) electrons. The molecule has 0 spiro atoms. The van der Waals surface area contributed by atoms with E-state index in [1.165, 1.54) is 6.42 Å².